The Morgan fingerprint density at radius 2 is 2.19 bits per heavy atom. The minimum absolute atomic E-state index is 0. The van der Waals surface area contributed by atoms with Gasteiger partial charge < -0.3 is 10.1 Å². The van der Waals surface area contributed by atoms with Crippen LogP contribution in [0.1, 0.15) is 22.6 Å². The van der Waals surface area contributed by atoms with Crippen molar-refractivity contribution < 1.29 is 4.74 Å². The monoisotopic (exact) mass is 259 g/mol. The average Bonchev–Trinajstić information content (AvgIpc) is 2.71. The molecule has 2 heterocycles. The molecular formula is C12H15Cl2NO. The van der Waals surface area contributed by atoms with Crippen molar-refractivity contribution in [3.63, 3.8) is 0 Å². The summed E-state index contributed by atoms with van der Waals surface area (Å²) < 4.78 is 5.82. The zero-order valence-corrected chi connectivity index (χ0v) is 10.7. The molecule has 0 saturated carbocycles. The normalized spacial score (nSPS) is 26.9. The Balaban J connectivity index is 0.000000963. The summed E-state index contributed by atoms with van der Waals surface area (Å²) in [5.74, 6) is 0.492. The number of ether oxygens (including phenoxy) is 1. The number of benzene rings is 1. The molecule has 0 radical (unpaired) electrons. The molecule has 1 fully saturated rings. The molecule has 2 aliphatic heterocycles. The van der Waals surface area contributed by atoms with E-state index in [1.165, 1.54) is 11.1 Å². The molecule has 16 heavy (non-hydrogen) atoms. The zero-order chi connectivity index (χ0) is 10.4. The van der Waals surface area contributed by atoms with Gasteiger partial charge in [-0.2, -0.15) is 0 Å². The standard InChI is InChI=1S/C12H14ClNO.ClH/c1-7-2-3-8-9-4-14-5-11(9)15-6-10(8)12(7)13;/h2-3,9,11,14H,4-6H2,1H3;1H/t9-,11-;/m1./s1. The van der Waals surface area contributed by atoms with Crippen LogP contribution in [-0.2, 0) is 11.3 Å². The van der Waals surface area contributed by atoms with E-state index >= 15 is 0 Å². The van der Waals surface area contributed by atoms with Crippen LogP contribution in [0.15, 0.2) is 12.1 Å². The molecule has 0 aliphatic carbocycles. The predicted octanol–water partition coefficient (Wildman–Crippen LogP) is 2.66. The Labute approximate surface area is 107 Å². The first kappa shape index (κ1) is 12.2. The lowest BCUT2D eigenvalue weighted by Crippen LogP contribution is -2.27. The summed E-state index contributed by atoms with van der Waals surface area (Å²) in [6.45, 7) is 4.69. The second kappa shape index (κ2) is 4.53. The molecule has 1 N–H and O–H groups in total. The second-order valence-electron chi connectivity index (χ2n) is 4.38. The number of hydrogen-bond donors (Lipinski definition) is 1. The zero-order valence-electron chi connectivity index (χ0n) is 9.13. The van der Waals surface area contributed by atoms with Gasteiger partial charge in [-0.15, -0.1) is 12.4 Å². The van der Waals surface area contributed by atoms with Crippen LogP contribution >= 0.6 is 24.0 Å². The SMILES string of the molecule is Cc1ccc2c(c1Cl)CO[C@@H]1CNC[C@H]21.Cl. The van der Waals surface area contributed by atoms with E-state index in [1.54, 1.807) is 0 Å². The molecule has 1 aromatic carbocycles. The first-order valence-electron chi connectivity index (χ1n) is 5.37. The van der Waals surface area contributed by atoms with Gasteiger partial charge in [0.2, 0.25) is 0 Å². The summed E-state index contributed by atoms with van der Waals surface area (Å²) in [5.41, 5.74) is 3.72. The van der Waals surface area contributed by atoms with E-state index in [0.717, 1.165) is 23.7 Å². The molecule has 1 aromatic rings. The number of rotatable bonds is 0. The van der Waals surface area contributed by atoms with Crippen molar-refractivity contribution in [2.75, 3.05) is 13.1 Å². The van der Waals surface area contributed by atoms with Crippen molar-refractivity contribution in [2.45, 2.75) is 25.6 Å². The third-order valence-corrected chi connectivity index (χ3v) is 4.00. The van der Waals surface area contributed by atoms with Crippen LogP contribution in [0.25, 0.3) is 0 Å². The fraction of sp³-hybridized carbons (Fsp3) is 0.500. The van der Waals surface area contributed by atoms with Crippen LogP contribution in [0.3, 0.4) is 0 Å². The Kier molecular flexibility index (Phi) is 3.45. The molecule has 1 saturated heterocycles. The van der Waals surface area contributed by atoms with E-state index in [4.69, 9.17) is 16.3 Å². The van der Waals surface area contributed by atoms with Gasteiger partial charge in [0.05, 0.1) is 12.7 Å². The molecule has 88 valence electrons. The van der Waals surface area contributed by atoms with Crippen LogP contribution < -0.4 is 5.32 Å². The highest BCUT2D eigenvalue weighted by Crippen LogP contribution is 2.37. The largest absolute Gasteiger partial charge is 0.371 e. The maximum absolute atomic E-state index is 6.30. The van der Waals surface area contributed by atoms with Crippen molar-refractivity contribution in [3.8, 4) is 0 Å². The van der Waals surface area contributed by atoms with Gasteiger partial charge in [0, 0.05) is 29.6 Å². The van der Waals surface area contributed by atoms with Crippen LogP contribution in [-0.4, -0.2) is 19.2 Å². The first-order chi connectivity index (χ1) is 7.27. The Bertz CT molecular complexity index is 408. The van der Waals surface area contributed by atoms with Crippen LogP contribution in [0.4, 0.5) is 0 Å². The molecule has 0 amide bonds. The number of hydrogen-bond acceptors (Lipinski definition) is 2. The van der Waals surface area contributed by atoms with Crippen molar-refractivity contribution in [1.29, 1.82) is 0 Å². The van der Waals surface area contributed by atoms with Crippen molar-refractivity contribution in [3.05, 3.63) is 33.8 Å². The minimum Gasteiger partial charge on any atom is -0.371 e. The first-order valence-corrected chi connectivity index (χ1v) is 5.75. The minimum atomic E-state index is 0. The second-order valence-corrected chi connectivity index (χ2v) is 4.76. The van der Waals surface area contributed by atoms with Crippen LogP contribution in [0, 0.1) is 6.92 Å². The summed E-state index contributed by atoms with van der Waals surface area (Å²) in [7, 11) is 0. The molecule has 0 unspecified atom stereocenters. The van der Waals surface area contributed by atoms with Gasteiger partial charge >= 0.3 is 0 Å². The van der Waals surface area contributed by atoms with Gasteiger partial charge in [0.25, 0.3) is 0 Å². The van der Waals surface area contributed by atoms with E-state index in [-0.39, 0.29) is 12.4 Å². The highest BCUT2D eigenvalue weighted by atomic mass is 35.5. The fourth-order valence-corrected chi connectivity index (χ4v) is 2.80. The molecule has 0 aromatic heterocycles. The van der Waals surface area contributed by atoms with Gasteiger partial charge in [-0.25, -0.2) is 0 Å². The molecule has 4 heteroatoms. The molecule has 2 aliphatic rings. The summed E-state index contributed by atoms with van der Waals surface area (Å²) >= 11 is 6.30. The lowest BCUT2D eigenvalue weighted by Gasteiger charge is -2.29. The van der Waals surface area contributed by atoms with Gasteiger partial charge in [-0.3, -0.25) is 0 Å². The Morgan fingerprint density at radius 1 is 1.38 bits per heavy atom. The van der Waals surface area contributed by atoms with E-state index < -0.39 is 0 Å². The number of nitrogens with one attached hydrogen (secondary N) is 1. The van der Waals surface area contributed by atoms with Crippen LogP contribution in [0.5, 0.6) is 0 Å². The smallest absolute Gasteiger partial charge is 0.0784 e. The summed E-state index contributed by atoms with van der Waals surface area (Å²) in [6.07, 6.45) is 0.344. The summed E-state index contributed by atoms with van der Waals surface area (Å²) in [5, 5.41) is 4.26. The van der Waals surface area contributed by atoms with E-state index in [2.05, 4.69) is 17.4 Å². The van der Waals surface area contributed by atoms with Crippen molar-refractivity contribution >= 4 is 24.0 Å². The third kappa shape index (κ3) is 1.74. The molecule has 0 bridgehead atoms. The maximum atomic E-state index is 6.30. The molecular weight excluding hydrogens is 245 g/mol. The molecule has 2 nitrogen and oxygen atoms in total. The predicted molar refractivity (Wildman–Crippen MR) is 67.6 cm³/mol. The lowest BCUT2D eigenvalue weighted by molar-refractivity contribution is 0.0299. The molecule has 3 rings (SSSR count). The fourth-order valence-electron chi connectivity index (χ4n) is 2.58. The highest BCUT2D eigenvalue weighted by molar-refractivity contribution is 6.32. The number of fused-ring (bicyclic) bond motifs is 3. The Morgan fingerprint density at radius 3 is 3.00 bits per heavy atom. The summed E-state index contributed by atoms with van der Waals surface area (Å²) in [4.78, 5) is 0. The number of halogens is 2. The van der Waals surface area contributed by atoms with Gasteiger partial charge in [-0.1, -0.05) is 23.7 Å². The highest BCUT2D eigenvalue weighted by Gasteiger charge is 2.35. The van der Waals surface area contributed by atoms with Gasteiger partial charge in [-0.05, 0) is 18.1 Å². The van der Waals surface area contributed by atoms with E-state index in [0.29, 0.717) is 18.6 Å². The average molecular weight is 260 g/mol. The maximum Gasteiger partial charge on any atom is 0.0784 e. The third-order valence-electron chi connectivity index (χ3n) is 3.47. The Hall–Kier alpha value is -0.280. The molecule has 0 spiro atoms. The summed E-state index contributed by atoms with van der Waals surface area (Å²) in [6, 6.07) is 4.32. The molecule has 2 atom stereocenters. The lowest BCUT2D eigenvalue weighted by atomic mass is 9.89. The van der Waals surface area contributed by atoms with Gasteiger partial charge in [0.1, 0.15) is 0 Å². The van der Waals surface area contributed by atoms with E-state index in [1.807, 2.05) is 6.92 Å². The number of aryl methyl sites for hydroxylation is 1. The van der Waals surface area contributed by atoms with E-state index in [9.17, 15) is 0 Å². The van der Waals surface area contributed by atoms with Crippen LogP contribution in [0.2, 0.25) is 5.02 Å². The topological polar surface area (TPSA) is 21.3 Å². The van der Waals surface area contributed by atoms with Crippen molar-refractivity contribution in [2.24, 2.45) is 0 Å². The van der Waals surface area contributed by atoms with Crippen molar-refractivity contribution in [1.82, 2.24) is 5.32 Å². The van der Waals surface area contributed by atoms with Gasteiger partial charge in [0.15, 0.2) is 0 Å². The quantitative estimate of drug-likeness (QED) is 0.774.